The monoisotopic (exact) mass is 99.0 g/mol. The molecule has 4 nitrogen and oxygen atoms in total. The van der Waals surface area contributed by atoms with E-state index in [0.717, 1.165) is 6.21 Å². The molecule has 0 spiro atoms. The molecule has 0 aromatic carbocycles. The Morgan fingerprint density at radius 2 is 2.57 bits per heavy atom. The average Bonchev–Trinajstić information content (AvgIpc) is 1.68. The van der Waals surface area contributed by atoms with Crippen LogP contribution in [0.1, 0.15) is 0 Å². The molecule has 0 radical (unpaired) electrons. The van der Waals surface area contributed by atoms with E-state index in [4.69, 9.17) is 5.53 Å². The summed E-state index contributed by atoms with van der Waals surface area (Å²) in [5.74, 6) is -0.414. The van der Waals surface area contributed by atoms with Crippen LogP contribution >= 0.6 is 0 Å². The highest BCUT2D eigenvalue weighted by Crippen LogP contribution is 1.44. The second-order valence-electron chi connectivity index (χ2n) is 0.859. The lowest BCUT2D eigenvalue weighted by molar-refractivity contribution is -0.117. The molecule has 1 N–H and O–H groups in total. The molecule has 0 unspecified atom stereocenters. The molecule has 0 aliphatic carbocycles. The summed E-state index contributed by atoms with van der Waals surface area (Å²) in [5.41, 5.74) is 7.68. The van der Waals surface area contributed by atoms with Crippen LogP contribution in [0.2, 0.25) is 0 Å². The first-order chi connectivity index (χ1) is 3.31. The van der Waals surface area contributed by atoms with Gasteiger partial charge in [-0.3, -0.25) is 4.79 Å². The SMILES string of the molecule is CNC(=O)C=[N+]=[N-]. The van der Waals surface area contributed by atoms with Crippen LogP contribution in [0.3, 0.4) is 0 Å². The van der Waals surface area contributed by atoms with Crippen molar-refractivity contribution in [1.29, 1.82) is 0 Å². The van der Waals surface area contributed by atoms with Gasteiger partial charge in [-0.25, -0.2) is 0 Å². The van der Waals surface area contributed by atoms with Gasteiger partial charge in [-0.1, -0.05) is 0 Å². The van der Waals surface area contributed by atoms with E-state index in [9.17, 15) is 4.79 Å². The average molecular weight is 99.1 g/mol. The maximum atomic E-state index is 9.99. The Hall–Kier alpha value is -1.15. The maximum absolute atomic E-state index is 9.99. The first-order valence-electron chi connectivity index (χ1n) is 1.70. The van der Waals surface area contributed by atoms with Gasteiger partial charge in [0.2, 0.25) is 0 Å². The molecule has 0 rings (SSSR count). The molecular formula is C3H5N3O. The predicted molar refractivity (Wildman–Crippen MR) is 23.8 cm³/mol. The van der Waals surface area contributed by atoms with E-state index in [1.807, 2.05) is 0 Å². The Morgan fingerprint density at radius 1 is 2.00 bits per heavy atom. The van der Waals surface area contributed by atoms with E-state index in [2.05, 4.69) is 10.1 Å². The molecule has 0 aliphatic rings. The Bertz CT molecular complexity index is 113. The van der Waals surface area contributed by atoms with E-state index in [1.165, 1.54) is 7.05 Å². The molecule has 7 heavy (non-hydrogen) atoms. The largest absolute Gasteiger partial charge is 0.361 e. The molecule has 0 saturated carbocycles. The lowest BCUT2D eigenvalue weighted by Crippen LogP contribution is -2.18. The number of hydrogen-bond donors (Lipinski definition) is 1. The van der Waals surface area contributed by atoms with Crippen molar-refractivity contribution < 1.29 is 9.58 Å². The van der Waals surface area contributed by atoms with Crippen molar-refractivity contribution in [2.75, 3.05) is 7.05 Å². The number of hydrogen-bond acceptors (Lipinski definition) is 1. The van der Waals surface area contributed by atoms with E-state index >= 15 is 0 Å². The first kappa shape index (κ1) is 5.85. The van der Waals surface area contributed by atoms with Crippen molar-refractivity contribution in [3.8, 4) is 0 Å². The highest BCUT2D eigenvalue weighted by Gasteiger charge is 1.91. The van der Waals surface area contributed by atoms with Crippen molar-refractivity contribution in [3.63, 3.8) is 0 Å². The van der Waals surface area contributed by atoms with Gasteiger partial charge in [0, 0.05) is 7.05 Å². The summed E-state index contributed by atoms with van der Waals surface area (Å²) in [4.78, 5) is 12.5. The zero-order valence-electron chi connectivity index (χ0n) is 3.88. The third kappa shape index (κ3) is 2.66. The van der Waals surface area contributed by atoms with Crippen LogP contribution < -0.4 is 5.32 Å². The number of nitrogens with one attached hydrogen (secondary N) is 1. The third-order valence-electron chi connectivity index (χ3n) is 0.421. The predicted octanol–water partition coefficient (Wildman–Crippen LogP) is -0.967. The van der Waals surface area contributed by atoms with Gasteiger partial charge in [0.15, 0.2) is 0 Å². The Balaban J connectivity index is 3.58. The summed E-state index contributed by atoms with van der Waals surface area (Å²) in [7, 11) is 1.45. The summed E-state index contributed by atoms with van der Waals surface area (Å²) in [6, 6.07) is 0. The van der Waals surface area contributed by atoms with E-state index in [-0.39, 0.29) is 0 Å². The van der Waals surface area contributed by atoms with Crippen LogP contribution in [0.15, 0.2) is 0 Å². The van der Waals surface area contributed by atoms with Gasteiger partial charge < -0.3 is 10.8 Å². The molecule has 0 atom stereocenters. The Kier molecular flexibility index (Phi) is 2.55. The van der Waals surface area contributed by atoms with Gasteiger partial charge in [0.25, 0.3) is 0 Å². The molecule has 0 heterocycles. The maximum Gasteiger partial charge on any atom is 0.344 e. The molecule has 0 aromatic rings. The standard InChI is InChI=1S/C3H5N3O/c1-5-3(7)2-6-4/h2H,1H3,(H,5,7). The molecule has 0 saturated heterocycles. The molecule has 0 fully saturated rings. The third-order valence-corrected chi connectivity index (χ3v) is 0.421. The van der Waals surface area contributed by atoms with Crippen LogP contribution in [0.25, 0.3) is 5.53 Å². The number of carbonyl (C=O) groups excluding carboxylic acids is 1. The summed E-state index contributed by atoms with van der Waals surface area (Å²) in [6.07, 6.45) is 0.778. The summed E-state index contributed by atoms with van der Waals surface area (Å²) in [6.45, 7) is 0. The second kappa shape index (κ2) is 3.06. The minimum Gasteiger partial charge on any atom is -0.361 e. The molecule has 4 heteroatoms. The molecule has 0 bridgehead atoms. The first-order valence-corrected chi connectivity index (χ1v) is 1.70. The summed E-state index contributed by atoms with van der Waals surface area (Å²) in [5, 5.41) is 2.22. The molecular weight excluding hydrogens is 94.1 g/mol. The zero-order chi connectivity index (χ0) is 5.70. The number of rotatable bonds is 1. The minimum atomic E-state index is -0.414. The van der Waals surface area contributed by atoms with Crippen molar-refractivity contribution in [1.82, 2.24) is 5.32 Å². The van der Waals surface area contributed by atoms with Crippen molar-refractivity contribution in [2.45, 2.75) is 0 Å². The number of carbonyl (C=O) groups is 1. The fourth-order valence-electron chi connectivity index (χ4n) is 0.117. The van der Waals surface area contributed by atoms with Gasteiger partial charge in [0.1, 0.15) is 0 Å². The van der Waals surface area contributed by atoms with Crippen LogP contribution in [0.4, 0.5) is 0 Å². The smallest absolute Gasteiger partial charge is 0.344 e. The van der Waals surface area contributed by atoms with E-state index < -0.39 is 5.91 Å². The fraction of sp³-hybridized carbons (Fsp3) is 0.333. The number of amides is 1. The van der Waals surface area contributed by atoms with Gasteiger partial charge in [-0.2, -0.15) is 4.79 Å². The number of nitrogens with zero attached hydrogens (tertiary/aromatic N) is 2. The lowest BCUT2D eigenvalue weighted by Gasteiger charge is -1.77. The van der Waals surface area contributed by atoms with Crippen LogP contribution in [0.5, 0.6) is 0 Å². The molecule has 0 aromatic heterocycles. The van der Waals surface area contributed by atoms with Crippen LogP contribution in [-0.4, -0.2) is 24.0 Å². The summed E-state index contributed by atoms with van der Waals surface area (Å²) < 4.78 is 0. The quantitative estimate of drug-likeness (QED) is 0.256. The van der Waals surface area contributed by atoms with Gasteiger partial charge in [-0.05, 0) is 0 Å². The van der Waals surface area contributed by atoms with Gasteiger partial charge >= 0.3 is 12.1 Å². The lowest BCUT2D eigenvalue weighted by atomic mass is 10.7. The van der Waals surface area contributed by atoms with E-state index in [1.54, 1.807) is 0 Å². The summed E-state index contributed by atoms with van der Waals surface area (Å²) >= 11 is 0. The second-order valence-corrected chi connectivity index (χ2v) is 0.859. The highest BCUT2D eigenvalue weighted by atomic mass is 16.1. The van der Waals surface area contributed by atoms with Crippen molar-refractivity contribution in [3.05, 3.63) is 5.53 Å². The van der Waals surface area contributed by atoms with Gasteiger partial charge in [0.05, 0.1) is 0 Å². The fourth-order valence-corrected chi connectivity index (χ4v) is 0.117. The Labute approximate surface area is 40.8 Å². The van der Waals surface area contributed by atoms with Crippen LogP contribution in [-0.2, 0) is 4.79 Å². The van der Waals surface area contributed by atoms with Crippen molar-refractivity contribution in [2.24, 2.45) is 0 Å². The minimum absolute atomic E-state index is 0.414. The molecule has 38 valence electrons. The zero-order valence-corrected chi connectivity index (χ0v) is 3.88. The normalized spacial score (nSPS) is 6.43. The molecule has 1 amide bonds. The van der Waals surface area contributed by atoms with Gasteiger partial charge in [-0.15, -0.1) is 0 Å². The topological polar surface area (TPSA) is 65.5 Å². The van der Waals surface area contributed by atoms with Crippen LogP contribution in [0, 0.1) is 0 Å². The Morgan fingerprint density at radius 3 is 2.71 bits per heavy atom. The molecule has 0 aliphatic heterocycles. The van der Waals surface area contributed by atoms with Crippen molar-refractivity contribution >= 4 is 12.1 Å². The van der Waals surface area contributed by atoms with E-state index in [0.29, 0.717) is 0 Å². The highest BCUT2D eigenvalue weighted by molar-refractivity contribution is 6.23.